The minimum atomic E-state index is -0.190. The van der Waals surface area contributed by atoms with Crippen LogP contribution >= 0.6 is 11.6 Å². The van der Waals surface area contributed by atoms with Gasteiger partial charge < -0.3 is 15.4 Å². The van der Waals surface area contributed by atoms with Crippen molar-refractivity contribution in [3.05, 3.63) is 76.1 Å². The van der Waals surface area contributed by atoms with Gasteiger partial charge in [-0.1, -0.05) is 11.6 Å². The van der Waals surface area contributed by atoms with Gasteiger partial charge in [0.1, 0.15) is 18.2 Å². The predicted molar refractivity (Wildman–Crippen MR) is 111 cm³/mol. The minimum absolute atomic E-state index is 0.0192. The molecule has 1 saturated heterocycles. The van der Waals surface area contributed by atoms with Gasteiger partial charge in [-0.25, -0.2) is 4.98 Å². The van der Waals surface area contributed by atoms with Crippen molar-refractivity contribution in [3.8, 4) is 11.4 Å². The van der Waals surface area contributed by atoms with Gasteiger partial charge in [-0.3, -0.25) is 14.3 Å². The summed E-state index contributed by atoms with van der Waals surface area (Å²) in [7, 11) is 0. The van der Waals surface area contributed by atoms with Crippen molar-refractivity contribution in [2.75, 3.05) is 18.0 Å². The summed E-state index contributed by atoms with van der Waals surface area (Å²) in [5.74, 6) is 1.97. The molecule has 1 aliphatic heterocycles. The van der Waals surface area contributed by atoms with Gasteiger partial charge in [0, 0.05) is 37.1 Å². The Hall–Kier alpha value is -2.90. The van der Waals surface area contributed by atoms with E-state index in [1.54, 1.807) is 36.8 Å². The first-order chi connectivity index (χ1) is 14.0. The van der Waals surface area contributed by atoms with Gasteiger partial charge >= 0.3 is 0 Å². The third-order valence-electron chi connectivity index (χ3n) is 5.61. The van der Waals surface area contributed by atoms with Crippen LogP contribution in [0.3, 0.4) is 0 Å². The summed E-state index contributed by atoms with van der Waals surface area (Å²) in [5, 5.41) is 0.569. The zero-order chi connectivity index (χ0) is 20.0. The molecule has 0 radical (unpaired) electrons. The topological polar surface area (TPSA) is 86.3 Å². The molecule has 4 heterocycles. The SMILES string of the molecule is N[C@@]12C[C@@H]1CN(c1ccc(-n3ccc(OCc4ccc(Cl)cn4)cc3=O)cn1)C2. The lowest BCUT2D eigenvalue weighted by Gasteiger charge is -2.20. The maximum absolute atomic E-state index is 12.5. The fraction of sp³-hybridized carbons (Fsp3) is 0.286. The van der Waals surface area contributed by atoms with Crippen LogP contribution in [-0.4, -0.2) is 33.2 Å². The summed E-state index contributed by atoms with van der Waals surface area (Å²) in [6.45, 7) is 2.06. The number of hydrogen-bond acceptors (Lipinski definition) is 6. The van der Waals surface area contributed by atoms with Crippen molar-refractivity contribution in [1.82, 2.24) is 14.5 Å². The molecule has 7 nitrogen and oxygen atoms in total. The molecule has 2 fully saturated rings. The zero-order valence-corrected chi connectivity index (χ0v) is 16.4. The maximum Gasteiger partial charge on any atom is 0.258 e. The zero-order valence-electron chi connectivity index (χ0n) is 15.7. The van der Waals surface area contributed by atoms with Gasteiger partial charge in [0.15, 0.2) is 0 Å². The molecular formula is C21H20ClN5O2. The maximum atomic E-state index is 12.5. The quantitative estimate of drug-likeness (QED) is 0.696. The van der Waals surface area contributed by atoms with Gasteiger partial charge in [-0.15, -0.1) is 0 Å². The molecule has 0 amide bonds. The first kappa shape index (κ1) is 18.1. The molecule has 0 unspecified atom stereocenters. The third-order valence-corrected chi connectivity index (χ3v) is 5.83. The van der Waals surface area contributed by atoms with Crippen molar-refractivity contribution >= 4 is 17.4 Å². The molecular weight excluding hydrogens is 390 g/mol. The molecule has 1 aliphatic carbocycles. The molecule has 3 aromatic heterocycles. The number of ether oxygens (including phenoxy) is 1. The fourth-order valence-corrected chi connectivity index (χ4v) is 3.93. The Morgan fingerprint density at radius 1 is 1.21 bits per heavy atom. The number of fused-ring (bicyclic) bond motifs is 1. The lowest BCUT2D eigenvalue weighted by Crippen LogP contribution is -2.33. The van der Waals surface area contributed by atoms with Crippen LogP contribution in [-0.2, 0) is 6.61 Å². The van der Waals surface area contributed by atoms with Gasteiger partial charge in [-0.2, -0.15) is 0 Å². The van der Waals surface area contributed by atoms with Gasteiger partial charge in [0.2, 0.25) is 0 Å². The number of anilines is 1. The molecule has 2 atom stereocenters. The fourth-order valence-electron chi connectivity index (χ4n) is 3.82. The van der Waals surface area contributed by atoms with Crippen LogP contribution in [0.4, 0.5) is 5.82 Å². The van der Waals surface area contributed by atoms with E-state index in [4.69, 9.17) is 22.1 Å². The number of hydrogen-bond donors (Lipinski definition) is 1. The highest BCUT2D eigenvalue weighted by molar-refractivity contribution is 6.30. The molecule has 2 aliphatic rings. The van der Waals surface area contributed by atoms with Crippen molar-refractivity contribution in [3.63, 3.8) is 0 Å². The highest BCUT2D eigenvalue weighted by Gasteiger charge is 2.57. The van der Waals surface area contributed by atoms with Crippen LogP contribution < -0.4 is 20.9 Å². The Balaban J connectivity index is 1.27. The van der Waals surface area contributed by atoms with E-state index in [2.05, 4.69) is 14.9 Å². The van der Waals surface area contributed by atoms with Crippen molar-refractivity contribution in [2.24, 2.45) is 11.7 Å². The van der Waals surface area contributed by atoms with Crippen LogP contribution in [0.2, 0.25) is 5.02 Å². The van der Waals surface area contributed by atoms with Crippen LogP contribution in [0.1, 0.15) is 12.1 Å². The number of nitrogens with zero attached hydrogens (tertiary/aromatic N) is 4. The summed E-state index contributed by atoms with van der Waals surface area (Å²) < 4.78 is 7.20. The molecule has 0 aromatic carbocycles. The summed E-state index contributed by atoms with van der Waals surface area (Å²) >= 11 is 5.83. The summed E-state index contributed by atoms with van der Waals surface area (Å²) in [6, 6.07) is 10.6. The van der Waals surface area contributed by atoms with Crippen LogP contribution in [0, 0.1) is 5.92 Å². The molecule has 2 N–H and O–H groups in total. The van der Waals surface area contributed by atoms with E-state index >= 15 is 0 Å². The summed E-state index contributed by atoms with van der Waals surface area (Å²) in [5.41, 5.74) is 7.50. The lowest BCUT2D eigenvalue weighted by molar-refractivity contribution is 0.300. The van der Waals surface area contributed by atoms with E-state index in [1.807, 2.05) is 12.1 Å². The molecule has 3 aromatic rings. The van der Waals surface area contributed by atoms with Crippen LogP contribution in [0.15, 0.2) is 59.8 Å². The van der Waals surface area contributed by atoms with Crippen molar-refractivity contribution in [1.29, 1.82) is 0 Å². The van der Waals surface area contributed by atoms with E-state index in [1.165, 1.54) is 10.6 Å². The molecule has 148 valence electrons. The van der Waals surface area contributed by atoms with Gasteiger partial charge in [0.05, 0.1) is 22.6 Å². The van der Waals surface area contributed by atoms with Gasteiger partial charge in [-0.05, 0) is 42.7 Å². The van der Waals surface area contributed by atoms with Crippen LogP contribution in [0.25, 0.3) is 5.69 Å². The number of rotatable bonds is 5. The van der Waals surface area contributed by atoms with E-state index in [0.29, 0.717) is 22.4 Å². The highest BCUT2D eigenvalue weighted by atomic mass is 35.5. The Morgan fingerprint density at radius 3 is 2.76 bits per heavy atom. The Morgan fingerprint density at radius 2 is 2.10 bits per heavy atom. The normalized spacial score (nSPS) is 22.4. The molecule has 0 spiro atoms. The Labute approximate surface area is 172 Å². The lowest BCUT2D eigenvalue weighted by atomic mass is 10.3. The van der Waals surface area contributed by atoms with Crippen molar-refractivity contribution < 1.29 is 4.74 Å². The number of piperidine rings is 1. The standard InChI is InChI=1S/C21H20ClN5O2/c22-15-1-2-16(24-9-15)12-29-18-5-6-27(20(28)7-18)17-3-4-19(25-10-17)26-11-14-8-21(14,23)13-26/h1-7,9-10,14H,8,11-13,23H2/t14-,21-/m1/s1. The Kier molecular flexibility index (Phi) is 4.29. The average Bonchev–Trinajstić information content (AvgIpc) is 3.24. The molecule has 29 heavy (non-hydrogen) atoms. The predicted octanol–water partition coefficient (Wildman–Crippen LogP) is 2.40. The third kappa shape index (κ3) is 3.59. The first-order valence-electron chi connectivity index (χ1n) is 9.46. The minimum Gasteiger partial charge on any atom is -0.487 e. The number of pyridine rings is 3. The number of aromatic nitrogens is 3. The molecule has 5 rings (SSSR count). The van der Waals surface area contributed by atoms with E-state index in [9.17, 15) is 4.79 Å². The number of halogens is 1. The van der Waals surface area contributed by atoms with Gasteiger partial charge in [0.25, 0.3) is 5.56 Å². The van der Waals surface area contributed by atoms with E-state index in [0.717, 1.165) is 31.0 Å². The number of nitrogens with two attached hydrogens (primary N) is 1. The second-order valence-electron chi connectivity index (χ2n) is 7.72. The van der Waals surface area contributed by atoms with Crippen molar-refractivity contribution in [2.45, 2.75) is 18.6 Å². The first-order valence-corrected chi connectivity index (χ1v) is 9.84. The second-order valence-corrected chi connectivity index (χ2v) is 8.15. The average molecular weight is 410 g/mol. The smallest absolute Gasteiger partial charge is 0.258 e. The molecule has 8 heteroatoms. The second kappa shape index (κ2) is 6.86. The highest BCUT2D eigenvalue weighted by Crippen LogP contribution is 2.48. The Bertz CT molecular complexity index is 1100. The van der Waals surface area contributed by atoms with Crippen LogP contribution in [0.5, 0.6) is 5.75 Å². The molecule has 1 saturated carbocycles. The summed E-state index contributed by atoms with van der Waals surface area (Å²) in [6.07, 6.45) is 6.07. The van der Waals surface area contributed by atoms with E-state index < -0.39 is 0 Å². The summed E-state index contributed by atoms with van der Waals surface area (Å²) in [4.78, 5) is 23.4. The largest absolute Gasteiger partial charge is 0.487 e. The van der Waals surface area contributed by atoms with E-state index in [-0.39, 0.29) is 17.7 Å². The molecule has 0 bridgehead atoms. The monoisotopic (exact) mass is 409 g/mol.